The molecule has 1 aromatic heterocycles. The highest BCUT2D eigenvalue weighted by molar-refractivity contribution is 5.99. The predicted molar refractivity (Wildman–Crippen MR) is 170 cm³/mol. The van der Waals surface area contributed by atoms with Gasteiger partial charge in [0.2, 0.25) is 0 Å². The monoisotopic (exact) mass is 577 g/mol. The van der Waals surface area contributed by atoms with Crippen molar-refractivity contribution in [3.8, 4) is 5.75 Å². The van der Waals surface area contributed by atoms with Gasteiger partial charge in [0.05, 0.1) is 18.8 Å². The maximum atomic E-state index is 13.6. The molecule has 222 valence electrons. The molecule has 0 radical (unpaired) electrons. The third kappa shape index (κ3) is 7.32. The average molecular weight is 578 g/mol. The minimum atomic E-state index is -0.776. The second kappa shape index (κ2) is 13.7. The van der Waals surface area contributed by atoms with Crippen molar-refractivity contribution < 1.29 is 20.1 Å². The van der Waals surface area contributed by atoms with Gasteiger partial charge in [-0.2, -0.15) is 0 Å². The van der Waals surface area contributed by atoms with Gasteiger partial charge in [0.15, 0.2) is 0 Å². The molecule has 4 aromatic carbocycles. The maximum absolute atomic E-state index is 13.6. The molecule has 7 nitrogen and oxygen atoms in total. The number of phenols is 1. The number of carbonyl (C=O) groups is 1. The molecule has 0 unspecified atom stereocenters. The number of benzene rings is 4. The Balaban J connectivity index is 1.32. The molecule has 0 saturated carbocycles. The van der Waals surface area contributed by atoms with Crippen molar-refractivity contribution in [3.63, 3.8) is 0 Å². The Morgan fingerprint density at radius 1 is 0.837 bits per heavy atom. The molecular weight excluding hydrogens is 538 g/mol. The number of hydrogen-bond donors (Lipinski definition) is 5. The van der Waals surface area contributed by atoms with Crippen LogP contribution in [-0.2, 0) is 19.6 Å². The molecule has 0 bridgehead atoms. The van der Waals surface area contributed by atoms with E-state index in [-0.39, 0.29) is 30.3 Å². The van der Waals surface area contributed by atoms with E-state index in [1.807, 2.05) is 61.5 Å². The first kappa shape index (κ1) is 30.0. The van der Waals surface area contributed by atoms with Crippen molar-refractivity contribution in [1.82, 2.24) is 15.2 Å². The molecule has 0 fully saturated rings. The fourth-order valence-corrected chi connectivity index (χ4v) is 5.46. The van der Waals surface area contributed by atoms with Crippen molar-refractivity contribution in [2.24, 2.45) is 0 Å². The van der Waals surface area contributed by atoms with Crippen LogP contribution in [0.25, 0.3) is 10.9 Å². The molecule has 0 spiro atoms. The largest absolute Gasteiger partial charge is 0.508 e. The van der Waals surface area contributed by atoms with E-state index in [4.69, 9.17) is 0 Å². The van der Waals surface area contributed by atoms with Gasteiger partial charge in [0.1, 0.15) is 11.4 Å². The second-order valence-electron chi connectivity index (χ2n) is 11.2. The highest BCUT2D eigenvalue weighted by Crippen LogP contribution is 2.25. The van der Waals surface area contributed by atoms with Gasteiger partial charge >= 0.3 is 0 Å². The van der Waals surface area contributed by atoms with Crippen molar-refractivity contribution in [2.75, 3.05) is 6.54 Å². The van der Waals surface area contributed by atoms with Crippen LogP contribution in [0.4, 0.5) is 0 Å². The number of fused-ring (bicyclic) bond motifs is 1. The molecule has 43 heavy (non-hydrogen) atoms. The van der Waals surface area contributed by atoms with Crippen molar-refractivity contribution in [2.45, 2.75) is 51.6 Å². The first-order valence-corrected chi connectivity index (χ1v) is 14.7. The van der Waals surface area contributed by atoms with Crippen molar-refractivity contribution in [1.29, 1.82) is 0 Å². The van der Waals surface area contributed by atoms with Crippen LogP contribution >= 0.6 is 0 Å². The molecule has 0 saturated heterocycles. The van der Waals surface area contributed by atoms with Gasteiger partial charge in [-0.25, -0.2) is 0 Å². The van der Waals surface area contributed by atoms with E-state index in [9.17, 15) is 20.1 Å². The highest BCUT2D eigenvalue weighted by atomic mass is 16.3. The first-order valence-electron chi connectivity index (χ1n) is 14.7. The molecular formula is C36H39N3O4. The molecule has 7 heteroatoms. The molecule has 3 atom stereocenters. The number of aromatic nitrogens is 1. The summed E-state index contributed by atoms with van der Waals surface area (Å²) in [6.07, 6.45) is -0.0430. The molecule has 5 aromatic rings. The molecule has 0 aliphatic heterocycles. The van der Waals surface area contributed by atoms with E-state index < -0.39 is 6.10 Å². The fraction of sp³-hybridized carbons (Fsp3) is 0.250. The summed E-state index contributed by atoms with van der Waals surface area (Å²) in [7, 11) is 0. The summed E-state index contributed by atoms with van der Waals surface area (Å²) in [5.74, 6) is -0.105. The Morgan fingerprint density at radius 2 is 1.56 bits per heavy atom. The molecule has 1 heterocycles. The minimum Gasteiger partial charge on any atom is -0.508 e. The van der Waals surface area contributed by atoms with E-state index in [0.717, 1.165) is 34.0 Å². The Hall–Kier alpha value is -4.43. The van der Waals surface area contributed by atoms with Crippen LogP contribution in [0.3, 0.4) is 0 Å². The summed E-state index contributed by atoms with van der Waals surface area (Å²) in [6, 6.07) is 33.1. The smallest absolute Gasteiger partial charge is 0.268 e. The summed E-state index contributed by atoms with van der Waals surface area (Å²) >= 11 is 0. The van der Waals surface area contributed by atoms with Crippen molar-refractivity contribution in [3.05, 3.63) is 137 Å². The number of aliphatic hydroxyl groups is 2. The summed E-state index contributed by atoms with van der Waals surface area (Å²) in [4.78, 5) is 13.6. The van der Waals surface area contributed by atoms with Crippen molar-refractivity contribution >= 4 is 16.8 Å². The quantitative estimate of drug-likeness (QED) is 0.132. The first-order chi connectivity index (χ1) is 20.8. The van der Waals surface area contributed by atoms with Crippen LogP contribution in [0.5, 0.6) is 5.75 Å². The lowest BCUT2D eigenvalue weighted by Crippen LogP contribution is -2.32. The summed E-state index contributed by atoms with van der Waals surface area (Å²) < 4.78 is 2.08. The lowest BCUT2D eigenvalue weighted by molar-refractivity contribution is 0.0931. The predicted octanol–water partition coefficient (Wildman–Crippen LogP) is 5.63. The van der Waals surface area contributed by atoms with Gasteiger partial charge in [-0.3, -0.25) is 4.79 Å². The van der Waals surface area contributed by atoms with E-state index in [2.05, 4.69) is 52.5 Å². The van der Waals surface area contributed by atoms with Gasteiger partial charge in [-0.05, 0) is 72.9 Å². The lowest BCUT2D eigenvalue weighted by atomic mass is 10.0. The van der Waals surface area contributed by atoms with Gasteiger partial charge in [-0.15, -0.1) is 0 Å². The summed E-state index contributed by atoms with van der Waals surface area (Å²) in [6.45, 7) is 4.68. The topological polar surface area (TPSA) is 107 Å². The van der Waals surface area contributed by atoms with E-state index in [1.165, 1.54) is 6.07 Å². The number of carbonyl (C=O) groups excluding carboxylic acids is 1. The SMILES string of the molecule is C[C@H](Cc1ccc2c(c1)cc(C(=O)N[C@H](C)c1ccccc1)n2Cc1ccccc1)NC[C@H](O)c1ccc(O)c(CO)c1. The minimum absolute atomic E-state index is 0.0131. The zero-order chi connectivity index (χ0) is 30.3. The number of nitrogens with one attached hydrogen (secondary N) is 2. The molecule has 0 aliphatic rings. The Morgan fingerprint density at radius 3 is 2.28 bits per heavy atom. The Labute approximate surface area is 252 Å². The molecule has 5 rings (SSSR count). The Kier molecular flexibility index (Phi) is 9.57. The molecule has 1 amide bonds. The highest BCUT2D eigenvalue weighted by Gasteiger charge is 2.19. The third-order valence-corrected chi connectivity index (χ3v) is 7.89. The van der Waals surface area contributed by atoms with E-state index >= 15 is 0 Å². The van der Waals surface area contributed by atoms with Gasteiger partial charge in [0.25, 0.3) is 5.91 Å². The van der Waals surface area contributed by atoms with Gasteiger partial charge in [-0.1, -0.05) is 72.8 Å². The maximum Gasteiger partial charge on any atom is 0.268 e. The van der Waals surface area contributed by atoms with E-state index in [0.29, 0.717) is 29.9 Å². The number of hydrogen-bond acceptors (Lipinski definition) is 5. The molecule has 0 aliphatic carbocycles. The second-order valence-corrected chi connectivity index (χ2v) is 11.2. The summed E-state index contributed by atoms with van der Waals surface area (Å²) in [5.41, 5.74) is 5.92. The average Bonchev–Trinajstić information content (AvgIpc) is 3.38. The van der Waals surface area contributed by atoms with E-state index in [1.54, 1.807) is 12.1 Å². The number of amides is 1. The van der Waals surface area contributed by atoms with Crippen LogP contribution < -0.4 is 10.6 Å². The van der Waals surface area contributed by atoms with Gasteiger partial charge < -0.3 is 30.5 Å². The normalized spacial score (nSPS) is 13.5. The number of nitrogens with zero attached hydrogens (tertiary/aromatic N) is 1. The van der Waals surface area contributed by atoms with Gasteiger partial charge in [0, 0.05) is 35.6 Å². The van der Waals surface area contributed by atoms with Crippen LogP contribution in [-0.4, -0.2) is 38.4 Å². The standard InChI is InChI=1S/C36H39N3O4/c1-24(37-21-35(42)29-14-16-34(41)31(19-29)23-40)17-27-13-15-32-30(18-27)20-33(39(32)22-26-9-5-3-6-10-26)36(43)38-25(2)28-11-7-4-8-12-28/h3-16,18-20,24-25,35,37,40-42H,17,21-23H2,1-2H3,(H,38,43)/t24-,25-,35+/m1/s1. The summed E-state index contributed by atoms with van der Waals surface area (Å²) in [5, 5.41) is 37.4. The Bertz CT molecular complexity index is 1670. The number of rotatable bonds is 12. The zero-order valence-corrected chi connectivity index (χ0v) is 24.6. The van der Waals surface area contributed by atoms with Crippen LogP contribution in [0.2, 0.25) is 0 Å². The number of aromatic hydroxyl groups is 1. The van der Waals surface area contributed by atoms with Crippen LogP contribution in [0, 0.1) is 0 Å². The van der Waals surface area contributed by atoms with Crippen LogP contribution in [0.15, 0.2) is 103 Å². The lowest BCUT2D eigenvalue weighted by Gasteiger charge is -2.18. The van der Waals surface area contributed by atoms with Crippen LogP contribution in [0.1, 0.15) is 64.3 Å². The molecule has 5 N–H and O–H groups in total. The third-order valence-electron chi connectivity index (χ3n) is 7.89. The fourth-order valence-electron chi connectivity index (χ4n) is 5.46. The number of aliphatic hydroxyl groups excluding tert-OH is 2. The zero-order valence-electron chi connectivity index (χ0n) is 24.6.